The SMILES string of the molecule is Cc1ccc(CSc2nnc(N3C(=O)C(=O)/C(=C(/O)c4ccc(OCc5cccc(C)c5)cc4)C3c3ccccc3F)s2)cc1. The highest BCUT2D eigenvalue weighted by atomic mass is 32.2. The van der Waals surface area contributed by atoms with E-state index in [0.29, 0.717) is 22.4 Å². The molecule has 6 rings (SSSR count). The van der Waals surface area contributed by atoms with Crippen LogP contribution in [0.15, 0.2) is 107 Å². The van der Waals surface area contributed by atoms with Gasteiger partial charge in [0, 0.05) is 16.9 Å². The molecule has 10 heteroatoms. The van der Waals surface area contributed by atoms with Gasteiger partial charge in [0.2, 0.25) is 5.13 Å². The van der Waals surface area contributed by atoms with Crippen LogP contribution >= 0.6 is 23.1 Å². The van der Waals surface area contributed by atoms with Crippen LogP contribution in [0.3, 0.4) is 0 Å². The van der Waals surface area contributed by atoms with Gasteiger partial charge in [-0.15, -0.1) is 10.2 Å². The molecule has 0 aliphatic carbocycles. The number of amides is 1. The van der Waals surface area contributed by atoms with Crippen LogP contribution < -0.4 is 9.64 Å². The summed E-state index contributed by atoms with van der Waals surface area (Å²) in [5.41, 5.74) is 4.50. The summed E-state index contributed by atoms with van der Waals surface area (Å²) in [4.78, 5) is 28.1. The van der Waals surface area contributed by atoms with Crippen LogP contribution in [0, 0.1) is 19.7 Å². The zero-order valence-electron chi connectivity index (χ0n) is 24.4. The summed E-state index contributed by atoms with van der Waals surface area (Å²) < 4.78 is 21.7. The molecule has 1 aromatic heterocycles. The van der Waals surface area contributed by atoms with Crippen LogP contribution in [0.5, 0.6) is 5.75 Å². The van der Waals surface area contributed by atoms with Gasteiger partial charge in [-0.25, -0.2) is 4.39 Å². The molecule has 1 fully saturated rings. The van der Waals surface area contributed by atoms with Gasteiger partial charge in [0.25, 0.3) is 5.78 Å². The topological polar surface area (TPSA) is 92.6 Å². The van der Waals surface area contributed by atoms with Crippen LogP contribution in [0.2, 0.25) is 0 Å². The molecule has 0 radical (unpaired) electrons. The Morgan fingerprint density at radius 3 is 2.40 bits per heavy atom. The Labute approximate surface area is 268 Å². The van der Waals surface area contributed by atoms with Crippen molar-refractivity contribution >= 4 is 45.7 Å². The fourth-order valence-corrected chi connectivity index (χ4v) is 6.87. The smallest absolute Gasteiger partial charge is 0.301 e. The van der Waals surface area contributed by atoms with E-state index >= 15 is 4.39 Å². The molecular formula is C35H28FN3O4S2. The molecule has 1 amide bonds. The Kier molecular flexibility index (Phi) is 8.77. The second-order valence-corrected chi connectivity index (χ2v) is 12.8. The molecule has 7 nitrogen and oxygen atoms in total. The molecule has 0 saturated carbocycles. The van der Waals surface area contributed by atoms with Gasteiger partial charge >= 0.3 is 5.91 Å². The summed E-state index contributed by atoms with van der Waals surface area (Å²) in [6.45, 7) is 4.39. The highest BCUT2D eigenvalue weighted by molar-refractivity contribution is 8.00. The number of ether oxygens (including phenoxy) is 1. The second-order valence-electron chi connectivity index (χ2n) is 10.6. The van der Waals surface area contributed by atoms with Crippen LogP contribution in [-0.2, 0) is 21.9 Å². The van der Waals surface area contributed by atoms with E-state index in [2.05, 4.69) is 10.2 Å². The number of benzene rings is 4. The van der Waals surface area contributed by atoms with Crippen molar-refractivity contribution in [3.63, 3.8) is 0 Å². The number of hydrogen-bond acceptors (Lipinski definition) is 8. The fraction of sp³-hybridized carbons (Fsp3) is 0.143. The highest BCUT2D eigenvalue weighted by Gasteiger charge is 2.49. The number of halogens is 1. The van der Waals surface area contributed by atoms with E-state index in [0.717, 1.165) is 38.5 Å². The maximum atomic E-state index is 15.3. The third kappa shape index (κ3) is 6.52. The number of hydrogen-bond donors (Lipinski definition) is 1. The predicted octanol–water partition coefficient (Wildman–Crippen LogP) is 7.79. The van der Waals surface area contributed by atoms with Crippen LogP contribution in [0.25, 0.3) is 5.76 Å². The van der Waals surface area contributed by atoms with E-state index in [1.54, 1.807) is 30.3 Å². The molecule has 0 spiro atoms. The molecule has 1 saturated heterocycles. The third-order valence-corrected chi connectivity index (χ3v) is 9.47. The van der Waals surface area contributed by atoms with Crippen LogP contribution in [0.4, 0.5) is 9.52 Å². The molecule has 1 N–H and O–H groups in total. The van der Waals surface area contributed by atoms with E-state index in [4.69, 9.17) is 4.74 Å². The van der Waals surface area contributed by atoms with Gasteiger partial charge in [-0.3, -0.25) is 14.5 Å². The number of carbonyl (C=O) groups is 2. The molecule has 1 unspecified atom stereocenters. The predicted molar refractivity (Wildman–Crippen MR) is 174 cm³/mol. The van der Waals surface area contributed by atoms with Crippen molar-refractivity contribution < 1.29 is 23.8 Å². The number of aliphatic hydroxyl groups excluding tert-OH is 1. The van der Waals surface area contributed by atoms with Gasteiger partial charge in [0.15, 0.2) is 4.34 Å². The lowest BCUT2D eigenvalue weighted by Gasteiger charge is -2.22. The summed E-state index contributed by atoms with van der Waals surface area (Å²) in [6.07, 6.45) is 0. The molecule has 5 aromatic rings. The Morgan fingerprint density at radius 1 is 0.911 bits per heavy atom. The Bertz CT molecular complexity index is 1910. The zero-order chi connectivity index (χ0) is 31.5. The molecule has 0 bridgehead atoms. The van der Waals surface area contributed by atoms with Gasteiger partial charge in [-0.05, 0) is 55.3 Å². The number of ketones is 1. The molecule has 2 heterocycles. The number of carbonyl (C=O) groups excluding carboxylic acids is 2. The summed E-state index contributed by atoms with van der Waals surface area (Å²) in [5, 5.41) is 20.0. The maximum Gasteiger partial charge on any atom is 0.301 e. The number of aryl methyl sites for hydroxylation is 2. The van der Waals surface area contributed by atoms with Gasteiger partial charge in [-0.2, -0.15) is 0 Å². The molecule has 45 heavy (non-hydrogen) atoms. The number of nitrogens with zero attached hydrogens (tertiary/aromatic N) is 3. The maximum absolute atomic E-state index is 15.3. The average Bonchev–Trinajstić information content (AvgIpc) is 3.61. The summed E-state index contributed by atoms with van der Waals surface area (Å²) in [7, 11) is 0. The van der Waals surface area contributed by atoms with Gasteiger partial charge < -0.3 is 9.84 Å². The minimum Gasteiger partial charge on any atom is -0.507 e. The van der Waals surface area contributed by atoms with Crippen molar-refractivity contribution in [3.05, 3.63) is 142 Å². The first-order valence-electron chi connectivity index (χ1n) is 14.1. The molecule has 226 valence electrons. The van der Waals surface area contributed by atoms with Crippen LogP contribution in [-0.4, -0.2) is 27.0 Å². The normalized spacial score (nSPS) is 15.9. The van der Waals surface area contributed by atoms with E-state index in [9.17, 15) is 14.7 Å². The zero-order valence-corrected chi connectivity index (χ0v) is 26.1. The van der Waals surface area contributed by atoms with Crippen LogP contribution in [0.1, 0.15) is 39.4 Å². The fourth-order valence-electron chi connectivity index (χ4n) is 5.04. The molecule has 1 aliphatic rings. The monoisotopic (exact) mass is 637 g/mol. The van der Waals surface area contributed by atoms with Crippen molar-refractivity contribution in [2.24, 2.45) is 0 Å². The van der Waals surface area contributed by atoms with E-state index < -0.39 is 29.3 Å². The van der Waals surface area contributed by atoms with Crippen molar-refractivity contribution in [3.8, 4) is 5.75 Å². The first kappa shape index (κ1) is 30.2. The Morgan fingerprint density at radius 2 is 1.67 bits per heavy atom. The minimum absolute atomic E-state index is 0.0559. The van der Waals surface area contributed by atoms with E-state index in [1.807, 2.05) is 62.4 Å². The molecule has 1 atom stereocenters. The number of thioether (sulfide) groups is 1. The Balaban J connectivity index is 1.30. The largest absolute Gasteiger partial charge is 0.507 e. The van der Waals surface area contributed by atoms with Gasteiger partial charge in [0.05, 0.1) is 5.57 Å². The molecular weight excluding hydrogens is 610 g/mol. The van der Waals surface area contributed by atoms with Gasteiger partial charge in [0.1, 0.15) is 30.0 Å². The van der Waals surface area contributed by atoms with Gasteiger partial charge in [-0.1, -0.05) is 101 Å². The van der Waals surface area contributed by atoms with Crippen molar-refractivity contribution in [1.29, 1.82) is 0 Å². The highest BCUT2D eigenvalue weighted by Crippen LogP contribution is 2.44. The average molecular weight is 638 g/mol. The number of Topliss-reactive ketones (excluding diaryl/α,β-unsaturated/α-hetero) is 1. The summed E-state index contributed by atoms with van der Waals surface area (Å²) >= 11 is 2.57. The lowest BCUT2D eigenvalue weighted by Crippen LogP contribution is -2.29. The van der Waals surface area contributed by atoms with Crippen molar-refractivity contribution in [2.75, 3.05) is 4.90 Å². The Hall–Kier alpha value is -4.80. The third-order valence-electron chi connectivity index (χ3n) is 7.34. The van der Waals surface area contributed by atoms with Crippen molar-refractivity contribution in [2.45, 2.75) is 36.6 Å². The lowest BCUT2D eigenvalue weighted by atomic mass is 9.95. The number of aliphatic hydroxyl groups is 1. The quantitative estimate of drug-likeness (QED) is 0.0580. The minimum atomic E-state index is -1.24. The first-order valence-corrected chi connectivity index (χ1v) is 15.9. The summed E-state index contributed by atoms with van der Waals surface area (Å²) in [5.74, 6) is -1.72. The number of aromatic nitrogens is 2. The summed E-state index contributed by atoms with van der Waals surface area (Å²) in [6, 6.07) is 27.2. The molecule has 1 aliphatic heterocycles. The second kappa shape index (κ2) is 13.1. The first-order chi connectivity index (χ1) is 21.8. The standard InChI is InChI=1S/C35H28FN3O4S2/c1-21-10-12-23(13-11-21)20-44-35-38-37-34(45-35)39-30(27-8-3-4-9-28(27)36)29(32(41)33(39)42)31(40)25-14-16-26(17-15-25)43-19-24-7-5-6-22(2)18-24/h3-18,30,40H,19-20H2,1-2H3/b31-29+. The number of anilines is 1. The lowest BCUT2D eigenvalue weighted by molar-refractivity contribution is -0.132. The number of rotatable bonds is 9. The van der Waals surface area contributed by atoms with E-state index in [-0.39, 0.29) is 21.8 Å². The van der Waals surface area contributed by atoms with E-state index in [1.165, 1.54) is 30.0 Å². The van der Waals surface area contributed by atoms with Crippen molar-refractivity contribution in [1.82, 2.24) is 10.2 Å². The molecule has 4 aromatic carbocycles.